The molecule has 1 aromatic heterocycles. The van der Waals surface area contributed by atoms with E-state index in [2.05, 4.69) is 20.8 Å². The quantitative estimate of drug-likeness (QED) is 0.754. The number of nitrogens with one attached hydrogen (secondary N) is 1. The first-order valence-corrected chi connectivity index (χ1v) is 5.55. The zero-order valence-corrected chi connectivity index (χ0v) is 10.0. The van der Waals surface area contributed by atoms with Gasteiger partial charge in [0, 0.05) is 7.11 Å². The van der Waals surface area contributed by atoms with Crippen molar-refractivity contribution in [3.8, 4) is 5.69 Å². The zero-order chi connectivity index (χ0) is 12.8. The van der Waals surface area contributed by atoms with E-state index < -0.39 is 0 Å². The maximum atomic E-state index is 9.20. The summed E-state index contributed by atoms with van der Waals surface area (Å²) in [5.41, 5.74) is 0.846. The number of anilines is 1. The Morgan fingerprint density at radius 1 is 1.39 bits per heavy atom. The fourth-order valence-electron chi connectivity index (χ4n) is 1.54. The van der Waals surface area contributed by atoms with E-state index in [-0.39, 0.29) is 12.6 Å². The number of para-hydroxylation sites is 1. The van der Waals surface area contributed by atoms with E-state index >= 15 is 0 Å². The van der Waals surface area contributed by atoms with Crippen LogP contribution in [-0.4, -0.2) is 51.7 Å². The first kappa shape index (κ1) is 12.5. The molecule has 1 aromatic carbocycles. The molecule has 1 heterocycles. The second kappa shape index (κ2) is 6.08. The van der Waals surface area contributed by atoms with Gasteiger partial charge in [-0.15, -0.1) is 0 Å². The summed E-state index contributed by atoms with van der Waals surface area (Å²) in [6.07, 6.45) is 0. The lowest BCUT2D eigenvalue weighted by atomic mass is 10.3. The summed E-state index contributed by atoms with van der Waals surface area (Å²) in [7, 11) is 1.57. The van der Waals surface area contributed by atoms with Gasteiger partial charge in [0.2, 0.25) is 5.95 Å². The second-order valence-corrected chi connectivity index (χ2v) is 3.73. The summed E-state index contributed by atoms with van der Waals surface area (Å²) < 4.78 is 6.56. The van der Waals surface area contributed by atoms with Crippen LogP contribution in [0, 0.1) is 0 Å². The van der Waals surface area contributed by atoms with Gasteiger partial charge in [0.25, 0.3) is 0 Å². The molecule has 96 valence electrons. The molecule has 0 aliphatic carbocycles. The monoisotopic (exact) mass is 249 g/mol. The van der Waals surface area contributed by atoms with E-state index in [9.17, 15) is 5.11 Å². The van der Waals surface area contributed by atoms with Crippen LogP contribution in [0.25, 0.3) is 5.69 Å². The number of benzene rings is 1. The molecule has 0 amide bonds. The molecule has 0 aliphatic rings. The van der Waals surface area contributed by atoms with Gasteiger partial charge >= 0.3 is 0 Å². The Labute approximate surface area is 104 Å². The molecule has 0 spiro atoms. The number of aliphatic hydroxyl groups is 1. The average molecular weight is 249 g/mol. The van der Waals surface area contributed by atoms with Gasteiger partial charge in [0.05, 0.1) is 24.9 Å². The van der Waals surface area contributed by atoms with Crippen LogP contribution in [0.5, 0.6) is 0 Å². The summed E-state index contributed by atoms with van der Waals surface area (Å²) in [5.74, 6) is 0.470. The van der Waals surface area contributed by atoms with E-state index in [0.717, 1.165) is 5.69 Å². The Kier molecular flexibility index (Phi) is 4.21. The Morgan fingerprint density at radius 2 is 2.17 bits per heavy atom. The highest BCUT2D eigenvalue weighted by molar-refractivity contribution is 5.38. The van der Waals surface area contributed by atoms with Crippen LogP contribution in [0.2, 0.25) is 0 Å². The third-order valence-corrected chi connectivity index (χ3v) is 2.39. The number of ether oxygens (including phenoxy) is 1. The highest BCUT2D eigenvalue weighted by Crippen LogP contribution is 2.11. The number of aromatic nitrogens is 4. The molecule has 0 fully saturated rings. The van der Waals surface area contributed by atoms with Crippen molar-refractivity contribution in [3.63, 3.8) is 0 Å². The van der Waals surface area contributed by atoms with Gasteiger partial charge in [0.1, 0.15) is 0 Å². The first-order chi connectivity index (χ1) is 8.85. The van der Waals surface area contributed by atoms with Crippen LogP contribution >= 0.6 is 0 Å². The van der Waals surface area contributed by atoms with Crippen molar-refractivity contribution in [2.45, 2.75) is 6.04 Å². The van der Waals surface area contributed by atoms with E-state index in [0.29, 0.717) is 12.6 Å². The first-order valence-electron chi connectivity index (χ1n) is 5.55. The van der Waals surface area contributed by atoms with Crippen molar-refractivity contribution >= 4 is 5.95 Å². The number of aliphatic hydroxyl groups excluding tert-OH is 1. The number of tetrazole rings is 1. The minimum absolute atomic E-state index is 0.0600. The van der Waals surface area contributed by atoms with Crippen LogP contribution in [0.4, 0.5) is 5.95 Å². The third kappa shape index (κ3) is 2.82. The van der Waals surface area contributed by atoms with E-state index in [4.69, 9.17) is 4.74 Å². The van der Waals surface area contributed by atoms with Gasteiger partial charge in [0.15, 0.2) is 0 Å². The summed E-state index contributed by atoms with van der Waals surface area (Å²) in [6.45, 7) is 0.313. The summed E-state index contributed by atoms with van der Waals surface area (Å²) in [6, 6.07) is 9.27. The van der Waals surface area contributed by atoms with Crippen molar-refractivity contribution < 1.29 is 9.84 Å². The Bertz CT molecular complexity index is 473. The van der Waals surface area contributed by atoms with Gasteiger partial charge in [-0.25, -0.2) is 0 Å². The second-order valence-electron chi connectivity index (χ2n) is 3.73. The molecule has 7 heteroatoms. The van der Waals surface area contributed by atoms with E-state index in [1.54, 1.807) is 11.8 Å². The SMILES string of the molecule is COCC(CO)Nc1nnnn1-c1ccccc1. The lowest BCUT2D eigenvalue weighted by Crippen LogP contribution is -2.30. The molecule has 1 atom stereocenters. The number of methoxy groups -OCH3 is 1. The molecule has 1 unspecified atom stereocenters. The molecule has 18 heavy (non-hydrogen) atoms. The van der Waals surface area contributed by atoms with Crippen molar-refractivity contribution in [2.24, 2.45) is 0 Å². The molecule has 0 radical (unpaired) electrons. The van der Waals surface area contributed by atoms with Crippen molar-refractivity contribution in [2.75, 3.05) is 25.6 Å². The molecule has 0 saturated carbocycles. The molecular weight excluding hydrogens is 234 g/mol. The van der Waals surface area contributed by atoms with Crippen LogP contribution < -0.4 is 5.32 Å². The summed E-state index contributed by atoms with van der Waals surface area (Å²) in [5, 5.41) is 23.6. The fraction of sp³-hybridized carbons (Fsp3) is 0.364. The van der Waals surface area contributed by atoms with Crippen LogP contribution in [-0.2, 0) is 4.74 Å². The van der Waals surface area contributed by atoms with Crippen molar-refractivity contribution in [1.29, 1.82) is 0 Å². The van der Waals surface area contributed by atoms with Crippen LogP contribution in [0.1, 0.15) is 0 Å². The molecule has 2 aromatic rings. The van der Waals surface area contributed by atoms with Crippen molar-refractivity contribution in [3.05, 3.63) is 30.3 Å². The Balaban J connectivity index is 2.18. The standard InChI is InChI=1S/C11H15N5O2/c1-18-8-9(7-17)12-11-13-14-15-16(11)10-5-3-2-4-6-10/h2-6,9,17H,7-8H2,1H3,(H,12,13,15). The van der Waals surface area contributed by atoms with Gasteiger partial charge in [-0.1, -0.05) is 23.3 Å². The molecular formula is C11H15N5O2. The van der Waals surface area contributed by atoms with Gasteiger partial charge in [-0.2, -0.15) is 4.68 Å². The number of rotatable bonds is 6. The minimum atomic E-state index is -0.247. The lowest BCUT2D eigenvalue weighted by Gasteiger charge is -2.15. The Morgan fingerprint density at radius 3 is 2.83 bits per heavy atom. The predicted octanol–water partition coefficient (Wildman–Crippen LogP) is 0.0815. The van der Waals surface area contributed by atoms with E-state index in [1.165, 1.54) is 0 Å². The molecule has 2 rings (SSSR count). The summed E-state index contributed by atoms with van der Waals surface area (Å²) in [4.78, 5) is 0. The van der Waals surface area contributed by atoms with Gasteiger partial charge < -0.3 is 15.2 Å². The van der Waals surface area contributed by atoms with Crippen LogP contribution in [0.15, 0.2) is 30.3 Å². The van der Waals surface area contributed by atoms with E-state index in [1.807, 2.05) is 30.3 Å². The van der Waals surface area contributed by atoms with Crippen molar-refractivity contribution in [1.82, 2.24) is 20.2 Å². The molecule has 0 bridgehead atoms. The van der Waals surface area contributed by atoms with Gasteiger partial charge in [-0.05, 0) is 22.6 Å². The summed E-state index contributed by atoms with van der Waals surface area (Å²) >= 11 is 0. The lowest BCUT2D eigenvalue weighted by molar-refractivity contribution is 0.153. The predicted molar refractivity (Wildman–Crippen MR) is 65.5 cm³/mol. The highest BCUT2D eigenvalue weighted by atomic mass is 16.5. The highest BCUT2D eigenvalue weighted by Gasteiger charge is 2.13. The normalized spacial score (nSPS) is 12.3. The van der Waals surface area contributed by atoms with Crippen LogP contribution in [0.3, 0.4) is 0 Å². The molecule has 0 aliphatic heterocycles. The Hall–Kier alpha value is -1.99. The number of hydrogen-bond acceptors (Lipinski definition) is 6. The molecule has 0 saturated heterocycles. The maximum Gasteiger partial charge on any atom is 0.248 e. The zero-order valence-electron chi connectivity index (χ0n) is 10.0. The average Bonchev–Trinajstić information content (AvgIpc) is 2.87. The maximum absolute atomic E-state index is 9.20. The largest absolute Gasteiger partial charge is 0.394 e. The number of nitrogens with zero attached hydrogens (tertiary/aromatic N) is 4. The third-order valence-electron chi connectivity index (χ3n) is 2.39. The van der Waals surface area contributed by atoms with Gasteiger partial charge in [-0.3, -0.25) is 0 Å². The molecule has 2 N–H and O–H groups in total. The minimum Gasteiger partial charge on any atom is -0.394 e. The molecule has 7 nitrogen and oxygen atoms in total. The smallest absolute Gasteiger partial charge is 0.248 e. The topological polar surface area (TPSA) is 85.1 Å². The number of hydrogen-bond donors (Lipinski definition) is 2. The fourth-order valence-corrected chi connectivity index (χ4v) is 1.54.